The third-order valence-corrected chi connectivity index (χ3v) is 23.1. The van der Waals surface area contributed by atoms with E-state index in [-0.39, 0.29) is 69.2 Å². The molecule has 0 aromatic heterocycles. The van der Waals surface area contributed by atoms with Crippen LogP contribution < -0.4 is 39.4 Å². The van der Waals surface area contributed by atoms with Gasteiger partial charge in [0.1, 0.15) is 11.5 Å². The SMILES string of the molecule is O=C1NS(=O)(=O)CCCCC[C@@H](NCC(F)(F)F)[C@@H]2CC[C@H]2CN2C[C@@]3(CCCc4cc(Cl)ccc43)COc3ccc1cc32.O=C1NS(=O)(=O)CCCCC[C@H](NCC(F)(F)F)[C@@H]2CC[C@H]2CN2C[C@@]3(CCCc4cc(Cl)ccc43)COc3ccc1cc32. The standard InChI is InChI=1S/2C32H39ClF3N3O4S/c2*33-24-9-11-26-21(15-24)5-4-13-31(26)19-39-17-23-7-10-25(23)27(37-18-32(34,35)36)6-2-1-3-14-44(41,42)38-30(40)22-8-12-29(43-20-31)28(39)16-22/h2*8-9,11-12,15-16,23,25,27,37H,1-7,10,13-14,17-20H2,(H,38,40)/t23-,25+,27+,31-;23-,25+,27-,31-/m00/s1. The molecule has 2 fully saturated rings. The second-order valence-corrected chi connectivity index (χ2v) is 30.5. The lowest BCUT2D eigenvalue weighted by molar-refractivity contribution is -0.129. The first kappa shape index (κ1) is 64.5. The molecule has 2 amide bonds. The van der Waals surface area contributed by atoms with Gasteiger partial charge in [-0.25, -0.2) is 26.3 Å². The number of amides is 2. The van der Waals surface area contributed by atoms with Gasteiger partial charge in [0, 0.05) is 70.3 Å². The van der Waals surface area contributed by atoms with Crippen LogP contribution in [0.25, 0.3) is 0 Å². The maximum absolute atomic E-state index is 13.3. The molecule has 88 heavy (non-hydrogen) atoms. The minimum absolute atomic E-state index is 0.0569. The average Bonchev–Trinajstić information content (AvgIpc) is 1.55. The van der Waals surface area contributed by atoms with E-state index in [1.807, 2.05) is 24.3 Å². The number of sulfonamides is 2. The number of alkyl halides is 6. The number of rotatable bonds is 4. The quantitative estimate of drug-likeness (QED) is 0.143. The number of fused-ring (bicyclic) bond motifs is 8. The lowest BCUT2D eigenvalue weighted by atomic mass is 9.67. The highest BCUT2D eigenvalue weighted by molar-refractivity contribution is 7.90. The molecule has 4 aromatic carbocycles. The normalized spacial score (nSPS) is 29.0. The summed E-state index contributed by atoms with van der Waals surface area (Å²) in [5.41, 5.74) is 5.89. The summed E-state index contributed by atoms with van der Waals surface area (Å²) in [5, 5.41) is 6.99. The van der Waals surface area contributed by atoms with Crippen LogP contribution in [0.3, 0.4) is 0 Å². The molecule has 14 nitrogen and oxygen atoms in total. The first-order valence-electron chi connectivity index (χ1n) is 31.1. The summed E-state index contributed by atoms with van der Waals surface area (Å²) < 4.78 is 148. The van der Waals surface area contributed by atoms with Crippen molar-refractivity contribution in [1.82, 2.24) is 20.1 Å². The highest BCUT2D eigenvalue weighted by Gasteiger charge is 2.48. The number of nitrogens with one attached hydrogen (secondary N) is 4. The number of hydrogen-bond donors (Lipinski definition) is 4. The Labute approximate surface area is 522 Å². The van der Waals surface area contributed by atoms with Gasteiger partial charge in [0.25, 0.3) is 11.8 Å². The van der Waals surface area contributed by atoms with E-state index in [0.29, 0.717) is 124 Å². The van der Waals surface area contributed by atoms with Crippen LogP contribution in [0, 0.1) is 23.7 Å². The van der Waals surface area contributed by atoms with Crippen LogP contribution in [0.5, 0.6) is 11.5 Å². The molecule has 4 aromatic rings. The number of ether oxygens (including phenoxy) is 2. The zero-order chi connectivity index (χ0) is 62.2. The molecular formula is C64H78Cl2F6N6O8S2. The Balaban J connectivity index is 0.000000182. The highest BCUT2D eigenvalue weighted by Crippen LogP contribution is 2.50. The molecule has 12 rings (SSSR count). The molecule has 480 valence electrons. The Bertz CT molecular complexity index is 3230. The number of halogens is 8. The van der Waals surface area contributed by atoms with Crippen LogP contribution in [0.15, 0.2) is 72.8 Å². The van der Waals surface area contributed by atoms with Crippen molar-refractivity contribution in [3.63, 3.8) is 0 Å². The van der Waals surface area contributed by atoms with Crippen molar-refractivity contribution >= 4 is 66.4 Å². The van der Waals surface area contributed by atoms with Gasteiger partial charge in [0.05, 0.1) is 49.2 Å². The van der Waals surface area contributed by atoms with Gasteiger partial charge in [-0.1, -0.05) is 61.0 Å². The van der Waals surface area contributed by atoms with Crippen LogP contribution in [0.2, 0.25) is 10.0 Å². The molecule has 0 radical (unpaired) electrons. The third-order valence-electron chi connectivity index (χ3n) is 20.0. The van der Waals surface area contributed by atoms with E-state index in [2.05, 4.69) is 42.0 Å². The molecule has 4 N–H and O–H groups in total. The zero-order valence-corrected chi connectivity index (χ0v) is 52.3. The lowest BCUT2D eigenvalue weighted by Crippen LogP contribution is -2.52. The smallest absolute Gasteiger partial charge is 0.401 e. The Morgan fingerprint density at radius 3 is 1.34 bits per heavy atom. The van der Waals surface area contributed by atoms with Crippen molar-refractivity contribution < 1.29 is 62.2 Å². The van der Waals surface area contributed by atoms with E-state index in [9.17, 15) is 52.8 Å². The van der Waals surface area contributed by atoms with Crippen LogP contribution in [0.1, 0.15) is 146 Å². The third kappa shape index (κ3) is 15.1. The predicted octanol–water partition coefficient (Wildman–Crippen LogP) is 12.0. The number of carbonyl (C=O) groups is 2. The summed E-state index contributed by atoms with van der Waals surface area (Å²) in [6, 6.07) is 21.4. The summed E-state index contributed by atoms with van der Waals surface area (Å²) in [4.78, 5) is 30.8. The number of nitrogens with zero attached hydrogens (tertiary/aromatic N) is 2. The molecule has 0 unspecified atom stereocenters. The van der Waals surface area contributed by atoms with Crippen molar-refractivity contribution in [2.24, 2.45) is 23.7 Å². The summed E-state index contributed by atoms with van der Waals surface area (Å²) in [7, 11) is -7.76. The first-order valence-corrected chi connectivity index (χ1v) is 35.2. The zero-order valence-electron chi connectivity index (χ0n) is 49.2. The van der Waals surface area contributed by atoms with Crippen molar-refractivity contribution in [2.45, 2.75) is 151 Å². The summed E-state index contributed by atoms with van der Waals surface area (Å²) >= 11 is 12.7. The molecule has 2 saturated carbocycles. The van der Waals surface area contributed by atoms with Crippen LogP contribution in [0.4, 0.5) is 37.7 Å². The van der Waals surface area contributed by atoms with Gasteiger partial charge in [-0.05, 0) is 196 Å². The monoisotopic (exact) mass is 1310 g/mol. The van der Waals surface area contributed by atoms with Crippen LogP contribution >= 0.6 is 23.2 Å². The minimum Gasteiger partial charge on any atom is -0.490 e. The molecule has 2 spiro atoms. The Hall–Kier alpha value is -5.00. The topological polar surface area (TPSA) is 175 Å². The molecule has 4 aliphatic carbocycles. The fourth-order valence-electron chi connectivity index (χ4n) is 15.4. The van der Waals surface area contributed by atoms with Gasteiger partial charge in [-0.2, -0.15) is 26.3 Å². The maximum Gasteiger partial charge on any atom is 0.401 e. The fraction of sp³-hybridized carbons (Fsp3) is 0.594. The van der Waals surface area contributed by atoms with Crippen molar-refractivity contribution in [1.29, 1.82) is 0 Å². The second kappa shape index (κ2) is 26.3. The molecule has 0 saturated heterocycles. The molecule has 24 heteroatoms. The van der Waals surface area contributed by atoms with E-state index >= 15 is 0 Å². The summed E-state index contributed by atoms with van der Waals surface area (Å²) in [5.74, 6) is -0.190. The molecule has 8 atom stereocenters. The van der Waals surface area contributed by atoms with Gasteiger partial charge in [-0.15, -0.1) is 0 Å². The number of aryl methyl sites for hydroxylation is 2. The van der Waals surface area contributed by atoms with Crippen LogP contribution in [-0.4, -0.2) is 117 Å². The van der Waals surface area contributed by atoms with E-state index in [4.69, 9.17) is 32.7 Å². The molecule has 4 bridgehead atoms. The highest BCUT2D eigenvalue weighted by atomic mass is 35.5. The second-order valence-electron chi connectivity index (χ2n) is 26.0. The van der Waals surface area contributed by atoms with Crippen molar-refractivity contribution in [2.75, 3.05) is 73.8 Å². The molecular weight excluding hydrogens is 1230 g/mol. The number of benzene rings is 4. The Kier molecular flexibility index (Phi) is 19.3. The van der Waals surface area contributed by atoms with E-state index in [1.165, 1.54) is 22.3 Å². The van der Waals surface area contributed by atoms with Gasteiger partial charge in [0.15, 0.2) is 0 Å². The Morgan fingerprint density at radius 1 is 0.534 bits per heavy atom. The summed E-state index contributed by atoms with van der Waals surface area (Å²) in [6.45, 7) is 1.15. The van der Waals surface area contributed by atoms with Gasteiger partial charge in [-0.3, -0.25) is 9.59 Å². The largest absolute Gasteiger partial charge is 0.490 e. The number of anilines is 2. The first-order chi connectivity index (χ1) is 41.8. The van der Waals surface area contributed by atoms with Gasteiger partial charge in [0.2, 0.25) is 20.0 Å². The molecule has 4 aliphatic heterocycles. The number of hydrogen-bond acceptors (Lipinski definition) is 12. The Morgan fingerprint density at radius 2 is 0.955 bits per heavy atom. The molecule has 4 heterocycles. The number of carbonyl (C=O) groups excluding carboxylic acids is 2. The van der Waals surface area contributed by atoms with E-state index in [0.717, 1.165) is 64.2 Å². The fourth-order valence-corrected chi connectivity index (χ4v) is 17.9. The van der Waals surface area contributed by atoms with Crippen LogP contribution in [-0.2, 0) is 43.7 Å². The van der Waals surface area contributed by atoms with Crippen molar-refractivity contribution in [3.05, 3.63) is 116 Å². The summed E-state index contributed by atoms with van der Waals surface area (Å²) in [6.07, 6.45) is 4.38. The molecule has 8 aliphatic rings. The lowest BCUT2D eigenvalue weighted by Gasteiger charge is -2.47. The predicted molar refractivity (Wildman–Crippen MR) is 328 cm³/mol. The maximum atomic E-state index is 13.3. The van der Waals surface area contributed by atoms with E-state index in [1.54, 1.807) is 36.4 Å². The van der Waals surface area contributed by atoms with Gasteiger partial charge < -0.3 is 29.9 Å². The van der Waals surface area contributed by atoms with Crippen molar-refractivity contribution in [3.8, 4) is 11.5 Å². The minimum atomic E-state index is -4.32. The van der Waals surface area contributed by atoms with E-state index < -0.39 is 57.3 Å². The van der Waals surface area contributed by atoms with Gasteiger partial charge >= 0.3 is 12.4 Å². The average molecular weight is 1310 g/mol.